The second-order valence-corrected chi connectivity index (χ2v) is 14.0. The Morgan fingerprint density at radius 2 is 1.46 bits per heavy atom. The lowest BCUT2D eigenvalue weighted by Crippen LogP contribution is -2.43. The number of nitrogens with one attached hydrogen (secondary N) is 1. The highest BCUT2D eigenvalue weighted by molar-refractivity contribution is 9.10. The van der Waals surface area contributed by atoms with Gasteiger partial charge >= 0.3 is 5.97 Å². The number of rotatable bonds is 10. The van der Waals surface area contributed by atoms with Crippen LogP contribution in [0.4, 0.5) is 11.4 Å². The zero-order chi connectivity index (χ0) is 38.2. The summed E-state index contributed by atoms with van der Waals surface area (Å²) in [6.45, 7) is 4.70. The zero-order valence-corrected chi connectivity index (χ0v) is 31.2. The number of fused-ring (bicyclic) bond motifs is 4. The summed E-state index contributed by atoms with van der Waals surface area (Å²) in [5.74, 6) is -0.146. The lowest BCUT2D eigenvalue weighted by atomic mass is 9.72. The number of esters is 1. The smallest absolute Gasteiger partial charge is 0.307 e. The number of carbonyl (C=O) groups excluding carboxylic acids is 3. The van der Waals surface area contributed by atoms with E-state index in [1.54, 1.807) is 36.1 Å². The molecule has 4 aromatic rings. The lowest BCUT2D eigenvalue weighted by molar-refractivity contribution is -0.146. The summed E-state index contributed by atoms with van der Waals surface area (Å²) in [5, 5.41) is 34.9. The van der Waals surface area contributed by atoms with E-state index in [0.29, 0.717) is 56.4 Å². The Morgan fingerprint density at radius 3 is 2.13 bits per heavy atom. The second kappa shape index (κ2) is 14.7. The highest BCUT2D eigenvalue weighted by atomic mass is 79.9. The zero-order valence-electron chi connectivity index (χ0n) is 29.6. The number of amides is 2. The number of para-hydroxylation sites is 1. The molecule has 4 N–H and O–H groups in total. The van der Waals surface area contributed by atoms with E-state index in [2.05, 4.69) is 28.2 Å². The summed E-state index contributed by atoms with van der Waals surface area (Å²) in [4.78, 5) is 41.0. The number of phenolic OH excluding ortho intramolecular Hbond substituents is 2. The minimum Gasteiger partial charge on any atom is -0.507 e. The van der Waals surface area contributed by atoms with Crippen LogP contribution in [0.5, 0.6) is 34.5 Å². The van der Waals surface area contributed by atoms with Crippen molar-refractivity contribution in [2.75, 3.05) is 37.0 Å². The first-order valence-electron chi connectivity index (χ1n) is 17.7. The molecule has 2 atom stereocenters. The van der Waals surface area contributed by atoms with Gasteiger partial charge in [0.25, 0.3) is 5.91 Å². The average molecular weight is 804 g/mol. The Bertz CT molecular complexity index is 2140. The van der Waals surface area contributed by atoms with Gasteiger partial charge in [-0.15, -0.1) is 0 Å². The van der Waals surface area contributed by atoms with Crippen LogP contribution in [-0.2, 0) is 30.1 Å². The summed E-state index contributed by atoms with van der Waals surface area (Å²) in [5.41, 5.74) is -0.770. The molecular formula is C40H39BrN2O11. The maximum atomic E-state index is 14.1. The van der Waals surface area contributed by atoms with Gasteiger partial charge < -0.3 is 49.2 Å². The van der Waals surface area contributed by atoms with Crippen molar-refractivity contribution in [3.63, 3.8) is 0 Å². The van der Waals surface area contributed by atoms with Crippen LogP contribution in [0.25, 0.3) is 0 Å². The Labute approximate surface area is 319 Å². The summed E-state index contributed by atoms with van der Waals surface area (Å²) < 4.78 is 27.1. The Hall–Kier alpha value is -5.47. The third-order valence-corrected chi connectivity index (χ3v) is 10.7. The molecule has 13 nitrogen and oxygen atoms in total. The third kappa shape index (κ3) is 6.12. The molecule has 4 heterocycles. The number of ether oxygens (including phenoxy) is 5. The number of anilines is 2. The lowest BCUT2D eigenvalue weighted by Gasteiger charge is -2.29. The number of aliphatic hydroxyl groups is 1. The minimum absolute atomic E-state index is 0.0309. The Morgan fingerprint density at radius 1 is 0.833 bits per heavy atom. The maximum absolute atomic E-state index is 14.1. The van der Waals surface area contributed by atoms with Crippen molar-refractivity contribution in [3.05, 3.63) is 93.5 Å². The van der Waals surface area contributed by atoms with Gasteiger partial charge in [0.05, 0.1) is 13.0 Å². The predicted octanol–water partition coefficient (Wildman–Crippen LogP) is 6.36. The second-order valence-electron chi connectivity index (χ2n) is 13.2. The van der Waals surface area contributed by atoms with Crippen LogP contribution < -0.4 is 29.2 Å². The molecule has 0 fully saturated rings. The highest BCUT2D eigenvalue weighted by Gasteiger charge is 2.55. The first-order valence-corrected chi connectivity index (χ1v) is 18.5. The topological polar surface area (TPSA) is 173 Å². The van der Waals surface area contributed by atoms with Crippen LogP contribution in [0.3, 0.4) is 0 Å². The van der Waals surface area contributed by atoms with E-state index in [4.69, 9.17) is 23.7 Å². The molecule has 2 unspecified atom stereocenters. The number of carbonyl (C=O) groups is 3. The van der Waals surface area contributed by atoms with Crippen LogP contribution in [0.1, 0.15) is 68.2 Å². The Balaban J connectivity index is 0.000000178. The predicted molar refractivity (Wildman–Crippen MR) is 199 cm³/mol. The van der Waals surface area contributed by atoms with E-state index in [1.807, 2.05) is 24.3 Å². The van der Waals surface area contributed by atoms with Crippen LogP contribution in [0.2, 0.25) is 0 Å². The van der Waals surface area contributed by atoms with E-state index in [0.717, 1.165) is 31.4 Å². The van der Waals surface area contributed by atoms with E-state index in [9.17, 15) is 29.7 Å². The summed E-state index contributed by atoms with van der Waals surface area (Å²) in [7, 11) is 0. The number of nitrogens with zero attached hydrogens (tertiary/aromatic N) is 1. The van der Waals surface area contributed by atoms with Crippen molar-refractivity contribution in [1.29, 1.82) is 0 Å². The van der Waals surface area contributed by atoms with Crippen LogP contribution >= 0.6 is 15.9 Å². The molecule has 4 aliphatic rings. The molecule has 0 spiro atoms. The molecule has 54 heavy (non-hydrogen) atoms. The van der Waals surface area contributed by atoms with Crippen molar-refractivity contribution in [3.8, 4) is 34.5 Å². The van der Waals surface area contributed by atoms with E-state index >= 15 is 0 Å². The largest absolute Gasteiger partial charge is 0.507 e. The standard InChI is InChI=1S/C25H29NO6.C15H10BrNO5/c1-3-5-6-9-12-26-19-11-8-7-10-17(19)25(24(26)29,15-23(28)30-4-2)18-13-21-22(14-20(18)27)32-16-31-21;16-8-2-1-3-9-13(8)15(20,14(19)17-9)7-4-11-12(5-10(7)18)22-6-21-11/h7-8,10-11,13-14,27H,3-6,9,12,15-16H2,1-2H3;1-5,18,20H,6H2,(H,17,19). The molecule has 0 radical (unpaired) electrons. The molecule has 4 aromatic carbocycles. The number of hydrogen-bond acceptors (Lipinski definition) is 11. The molecule has 14 heteroatoms. The maximum Gasteiger partial charge on any atom is 0.307 e. The van der Waals surface area contributed by atoms with Crippen LogP contribution in [0, 0.1) is 0 Å². The monoisotopic (exact) mass is 802 g/mol. The minimum atomic E-state index is -2.01. The SMILES string of the molecule is CCCCCCN1C(=O)C(CC(=O)OCC)(c2cc3c(cc2O)OCO3)c2ccccc21.O=C1Nc2cccc(Br)c2C1(O)c1cc2c(cc1O)OCO2. The fourth-order valence-electron chi connectivity index (χ4n) is 7.47. The first kappa shape index (κ1) is 36.9. The summed E-state index contributed by atoms with van der Waals surface area (Å²) >= 11 is 3.34. The summed E-state index contributed by atoms with van der Waals surface area (Å²) in [6, 6.07) is 18.4. The molecule has 0 saturated heterocycles. The van der Waals surface area contributed by atoms with Crippen molar-refractivity contribution < 1.29 is 53.4 Å². The first-order chi connectivity index (χ1) is 26.0. The molecule has 0 bridgehead atoms. The fraction of sp³-hybridized carbons (Fsp3) is 0.325. The molecule has 0 aromatic heterocycles. The number of halogens is 1. The van der Waals surface area contributed by atoms with Gasteiger partial charge in [0.1, 0.15) is 16.9 Å². The van der Waals surface area contributed by atoms with Crippen LogP contribution in [0.15, 0.2) is 71.2 Å². The molecule has 0 aliphatic carbocycles. The van der Waals surface area contributed by atoms with Gasteiger partial charge in [-0.1, -0.05) is 66.4 Å². The number of hydrogen-bond donors (Lipinski definition) is 4. The van der Waals surface area contributed by atoms with Crippen molar-refractivity contribution >= 4 is 45.1 Å². The number of unbranched alkanes of at least 4 members (excludes halogenated alkanes) is 3. The normalized spacial score (nSPS) is 19.9. The summed E-state index contributed by atoms with van der Waals surface area (Å²) in [6.07, 6.45) is 3.86. The molecule has 4 aliphatic heterocycles. The molecule has 2 amide bonds. The van der Waals surface area contributed by atoms with Gasteiger partial charge in [0.2, 0.25) is 25.1 Å². The Kier molecular flexibility index (Phi) is 10.1. The number of phenols is 2. The quantitative estimate of drug-likeness (QED) is 0.104. The van der Waals surface area contributed by atoms with E-state index < -0.39 is 22.9 Å². The van der Waals surface area contributed by atoms with Gasteiger partial charge in [-0.3, -0.25) is 14.4 Å². The number of benzene rings is 4. The molecule has 0 saturated carbocycles. The molecular weight excluding hydrogens is 764 g/mol. The average Bonchev–Trinajstić information content (AvgIpc) is 3.91. The molecule has 8 rings (SSSR count). The van der Waals surface area contributed by atoms with Gasteiger partial charge in [-0.05, 0) is 49.2 Å². The van der Waals surface area contributed by atoms with Crippen molar-refractivity contribution in [1.82, 2.24) is 0 Å². The van der Waals surface area contributed by atoms with Crippen LogP contribution in [-0.4, -0.2) is 59.8 Å². The van der Waals surface area contributed by atoms with Gasteiger partial charge in [0.15, 0.2) is 23.0 Å². The highest BCUT2D eigenvalue weighted by Crippen LogP contribution is 2.54. The van der Waals surface area contributed by atoms with Gasteiger partial charge in [-0.25, -0.2) is 0 Å². The number of aromatic hydroxyl groups is 2. The van der Waals surface area contributed by atoms with Crippen molar-refractivity contribution in [2.45, 2.75) is 57.0 Å². The van der Waals surface area contributed by atoms with Gasteiger partial charge in [-0.2, -0.15) is 0 Å². The fourth-order valence-corrected chi connectivity index (χ4v) is 8.12. The third-order valence-electron chi connectivity index (χ3n) is 10.00. The van der Waals surface area contributed by atoms with E-state index in [-0.39, 0.29) is 49.6 Å². The van der Waals surface area contributed by atoms with Gasteiger partial charge in [0, 0.05) is 51.2 Å². The molecule has 282 valence electrons. The van der Waals surface area contributed by atoms with E-state index in [1.165, 1.54) is 18.2 Å². The van der Waals surface area contributed by atoms with Crippen molar-refractivity contribution in [2.24, 2.45) is 0 Å².